The minimum atomic E-state index is -0.339. The first kappa shape index (κ1) is 12.7. The highest BCUT2D eigenvalue weighted by Crippen LogP contribution is 2.11. The maximum atomic E-state index is 11.3. The zero-order valence-electron chi connectivity index (χ0n) is 9.86. The lowest BCUT2D eigenvalue weighted by atomic mass is 10.3. The highest BCUT2D eigenvalue weighted by molar-refractivity contribution is 5.89. The van der Waals surface area contributed by atoms with E-state index < -0.39 is 0 Å². The van der Waals surface area contributed by atoms with Crippen LogP contribution in [0.4, 0.5) is 0 Å². The third kappa shape index (κ3) is 3.08. The first-order valence-corrected chi connectivity index (χ1v) is 4.98. The minimum absolute atomic E-state index is 0.339. The van der Waals surface area contributed by atoms with Crippen LogP contribution in [0.3, 0.4) is 0 Å². The van der Waals surface area contributed by atoms with Crippen LogP contribution >= 0.6 is 0 Å². The number of carbonyl (C=O) groups is 1. The molecule has 0 aliphatic carbocycles. The van der Waals surface area contributed by atoms with Gasteiger partial charge >= 0.3 is 5.97 Å². The van der Waals surface area contributed by atoms with Crippen LogP contribution in [0.15, 0.2) is 12.3 Å². The average molecular weight is 227 g/mol. The Bertz CT molecular complexity index is 346. The molecule has 0 saturated carbocycles. The Hall–Kier alpha value is -1.33. The van der Waals surface area contributed by atoms with E-state index in [2.05, 4.69) is 4.74 Å². The summed E-state index contributed by atoms with van der Waals surface area (Å²) in [7, 11) is 4.62. The molecule has 5 heteroatoms. The first-order chi connectivity index (χ1) is 7.72. The second kappa shape index (κ2) is 6.30. The number of nitrogens with zero attached hydrogens (tertiary/aromatic N) is 1. The van der Waals surface area contributed by atoms with Crippen LogP contribution in [0, 0.1) is 0 Å². The summed E-state index contributed by atoms with van der Waals surface area (Å²) >= 11 is 0. The molecule has 0 radical (unpaired) electrons. The largest absolute Gasteiger partial charge is 0.465 e. The van der Waals surface area contributed by atoms with Gasteiger partial charge in [0.25, 0.3) is 0 Å². The Kier molecular flexibility index (Phi) is 5.01. The van der Waals surface area contributed by atoms with Gasteiger partial charge in [-0.3, -0.25) is 0 Å². The summed E-state index contributed by atoms with van der Waals surface area (Å²) in [6.07, 6.45) is 1.75. The predicted octanol–water partition coefficient (Wildman–Crippen LogP) is 1.07. The number of esters is 1. The van der Waals surface area contributed by atoms with Gasteiger partial charge in [-0.25, -0.2) is 4.79 Å². The first-order valence-electron chi connectivity index (χ1n) is 4.98. The van der Waals surface area contributed by atoms with Crippen molar-refractivity contribution in [3.05, 3.63) is 23.5 Å². The van der Waals surface area contributed by atoms with Crippen molar-refractivity contribution >= 4 is 5.97 Å². The molecule has 16 heavy (non-hydrogen) atoms. The van der Waals surface area contributed by atoms with Crippen molar-refractivity contribution in [2.24, 2.45) is 0 Å². The van der Waals surface area contributed by atoms with Crippen LogP contribution in [0.1, 0.15) is 16.1 Å². The summed E-state index contributed by atoms with van der Waals surface area (Å²) in [5, 5.41) is 0. The van der Waals surface area contributed by atoms with Crippen molar-refractivity contribution in [2.45, 2.75) is 13.2 Å². The molecule has 0 saturated heterocycles. The topological polar surface area (TPSA) is 49.7 Å². The standard InChI is InChI=1S/C11H17NO4/c1-14-5-4-12-7-9(11(13)16-3)6-10(12)8-15-2/h6-7H,4-5,8H2,1-3H3. The van der Waals surface area contributed by atoms with E-state index in [1.54, 1.807) is 26.5 Å². The van der Waals surface area contributed by atoms with Crippen LogP contribution in [-0.2, 0) is 27.4 Å². The van der Waals surface area contributed by atoms with Gasteiger partial charge in [0.1, 0.15) is 0 Å². The minimum Gasteiger partial charge on any atom is -0.465 e. The van der Waals surface area contributed by atoms with E-state index in [0.717, 1.165) is 5.69 Å². The number of carbonyl (C=O) groups excluding carboxylic acids is 1. The fraction of sp³-hybridized carbons (Fsp3) is 0.545. The third-order valence-electron chi connectivity index (χ3n) is 2.24. The predicted molar refractivity (Wildman–Crippen MR) is 58.4 cm³/mol. The van der Waals surface area contributed by atoms with Gasteiger partial charge in [0.05, 0.1) is 25.9 Å². The average Bonchev–Trinajstić information content (AvgIpc) is 2.69. The number of aromatic nitrogens is 1. The summed E-state index contributed by atoms with van der Waals surface area (Å²) in [6, 6.07) is 1.77. The lowest BCUT2D eigenvalue weighted by Gasteiger charge is -2.06. The van der Waals surface area contributed by atoms with Crippen molar-refractivity contribution in [2.75, 3.05) is 27.9 Å². The summed E-state index contributed by atoms with van der Waals surface area (Å²) in [6.45, 7) is 1.74. The zero-order valence-corrected chi connectivity index (χ0v) is 9.86. The summed E-state index contributed by atoms with van der Waals surface area (Å²) in [5.41, 5.74) is 1.46. The van der Waals surface area contributed by atoms with Gasteiger partial charge in [-0.15, -0.1) is 0 Å². The molecule has 5 nitrogen and oxygen atoms in total. The van der Waals surface area contributed by atoms with Crippen LogP contribution in [-0.4, -0.2) is 38.5 Å². The van der Waals surface area contributed by atoms with E-state index in [9.17, 15) is 4.79 Å². The molecule has 1 rings (SSSR count). The summed E-state index contributed by atoms with van der Waals surface area (Å²) in [5.74, 6) is -0.339. The van der Waals surface area contributed by atoms with Crippen LogP contribution in [0.5, 0.6) is 0 Å². The summed E-state index contributed by atoms with van der Waals surface area (Å²) < 4.78 is 16.7. The molecule has 0 N–H and O–H groups in total. The van der Waals surface area contributed by atoms with Gasteiger partial charge in [-0.2, -0.15) is 0 Å². The Labute approximate surface area is 94.9 Å². The molecule has 0 bridgehead atoms. The van der Waals surface area contributed by atoms with E-state index in [4.69, 9.17) is 9.47 Å². The monoisotopic (exact) mass is 227 g/mol. The fourth-order valence-electron chi connectivity index (χ4n) is 1.45. The number of methoxy groups -OCH3 is 3. The second-order valence-electron chi connectivity index (χ2n) is 3.33. The Morgan fingerprint density at radius 2 is 2.06 bits per heavy atom. The molecule has 0 spiro atoms. The Morgan fingerprint density at radius 3 is 2.62 bits per heavy atom. The number of hydrogen-bond acceptors (Lipinski definition) is 4. The molecular formula is C11H17NO4. The van der Waals surface area contributed by atoms with Gasteiger partial charge in [-0.1, -0.05) is 0 Å². The maximum absolute atomic E-state index is 11.3. The quantitative estimate of drug-likeness (QED) is 0.682. The third-order valence-corrected chi connectivity index (χ3v) is 2.24. The van der Waals surface area contributed by atoms with Gasteiger partial charge < -0.3 is 18.8 Å². The van der Waals surface area contributed by atoms with E-state index in [1.165, 1.54) is 7.11 Å². The van der Waals surface area contributed by atoms with E-state index in [1.807, 2.05) is 4.57 Å². The van der Waals surface area contributed by atoms with Crippen LogP contribution < -0.4 is 0 Å². The Morgan fingerprint density at radius 1 is 1.31 bits per heavy atom. The molecule has 0 aliphatic heterocycles. The summed E-state index contributed by atoms with van der Waals surface area (Å²) in [4.78, 5) is 11.3. The highest BCUT2D eigenvalue weighted by Gasteiger charge is 2.12. The molecule has 0 aliphatic rings. The van der Waals surface area contributed by atoms with Crippen molar-refractivity contribution in [1.82, 2.24) is 4.57 Å². The number of hydrogen-bond donors (Lipinski definition) is 0. The van der Waals surface area contributed by atoms with Crippen molar-refractivity contribution in [3.63, 3.8) is 0 Å². The molecule has 0 amide bonds. The molecular weight excluding hydrogens is 210 g/mol. The molecule has 0 aromatic carbocycles. The van der Waals surface area contributed by atoms with Crippen LogP contribution in [0.25, 0.3) is 0 Å². The SMILES string of the molecule is COCCn1cc(C(=O)OC)cc1COC. The van der Waals surface area contributed by atoms with Gasteiger partial charge in [-0.05, 0) is 6.07 Å². The lowest BCUT2D eigenvalue weighted by molar-refractivity contribution is 0.0600. The maximum Gasteiger partial charge on any atom is 0.339 e. The van der Waals surface area contributed by atoms with E-state index in [-0.39, 0.29) is 5.97 Å². The van der Waals surface area contributed by atoms with Crippen molar-refractivity contribution < 1.29 is 19.0 Å². The lowest BCUT2D eigenvalue weighted by Crippen LogP contribution is -2.07. The zero-order chi connectivity index (χ0) is 12.0. The number of ether oxygens (including phenoxy) is 3. The van der Waals surface area contributed by atoms with Crippen LogP contribution in [0.2, 0.25) is 0 Å². The normalized spacial score (nSPS) is 10.4. The highest BCUT2D eigenvalue weighted by atomic mass is 16.5. The molecule has 0 unspecified atom stereocenters. The molecule has 0 fully saturated rings. The Balaban J connectivity index is 2.85. The number of rotatable bonds is 6. The molecule has 1 aromatic heterocycles. The molecule has 1 aromatic rings. The molecule has 90 valence electrons. The van der Waals surface area contributed by atoms with Gasteiger partial charge in [0.15, 0.2) is 0 Å². The van der Waals surface area contributed by atoms with E-state index >= 15 is 0 Å². The van der Waals surface area contributed by atoms with Gasteiger partial charge in [0, 0.05) is 32.7 Å². The second-order valence-corrected chi connectivity index (χ2v) is 3.33. The fourth-order valence-corrected chi connectivity index (χ4v) is 1.45. The van der Waals surface area contributed by atoms with Crippen molar-refractivity contribution in [3.8, 4) is 0 Å². The molecule has 1 heterocycles. The van der Waals surface area contributed by atoms with Crippen molar-refractivity contribution in [1.29, 1.82) is 0 Å². The smallest absolute Gasteiger partial charge is 0.339 e. The molecule has 0 atom stereocenters. The van der Waals surface area contributed by atoms with Gasteiger partial charge in [0.2, 0.25) is 0 Å². The van der Waals surface area contributed by atoms with E-state index in [0.29, 0.717) is 25.3 Å².